The Balaban J connectivity index is 1.92. The average Bonchev–Trinajstić information content (AvgIpc) is 2.60. The number of carbonyl (C=O) groups excluding carboxylic acids is 1. The molecule has 0 bridgehead atoms. The topological polar surface area (TPSA) is 72.9 Å². The van der Waals surface area contributed by atoms with E-state index in [2.05, 4.69) is 0 Å². The molecule has 2 aromatic carbocycles. The Morgan fingerprint density at radius 2 is 1.57 bits per heavy atom. The third-order valence-electron chi connectivity index (χ3n) is 3.93. The summed E-state index contributed by atoms with van der Waals surface area (Å²) in [5.74, 6) is 0. The van der Waals surface area contributed by atoms with E-state index in [0.29, 0.717) is 12.1 Å². The Labute approximate surface area is 167 Å². The number of amides is 1. The average molecular weight is 406 g/mol. The Kier molecular flexibility index (Phi) is 6.85. The maximum atomic E-state index is 12.2. The SMILES string of the molecule is Cc1ccc(S(=O)(=O)OCCc2ccc(N(C)C(=O)OC(C)(C)C)cc2)cc1. The van der Waals surface area contributed by atoms with E-state index in [4.69, 9.17) is 8.92 Å². The zero-order valence-electron chi connectivity index (χ0n) is 16.9. The molecular weight excluding hydrogens is 378 g/mol. The number of rotatable bonds is 6. The number of carbonyl (C=O) groups is 1. The zero-order chi connectivity index (χ0) is 20.9. The lowest BCUT2D eigenvalue weighted by Crippen LogP contribution is -2.34. The summed E-state index contributed by atoms with van der Waals surface area (Å²) in [4.78, 5) is 13.7. The van der Waals surface area contributed by atoms with Crippen molar-refractivity contribution in [2.75, 3.05) is 18.6 Å². The van der Waals surface area contributed by atoms with Crippen molar-refractivity contribution in [3.8, 4) is 0 Å². The van der Waals surface area contributed by atoms with Gasteiger partial charge in [-0.15, -0.1) is 0 Å². The molecule has 1 amide bonds. The van der Waals surface area contributed by atoms with Crippen LogP contribution in [0.1, 0.15) is 31.9 Å². The summed E-state index contributed by atoms with van der Waals surface area (Å²) in [5, 5.41) is 0. The van der Waals surface area contributed by atoms with E-state index >= 15 is 0 Å². The van der Waals surface area contributed by atoms with E-state index in [1.54, 1.807) is 31.3 Å². The minimum Gasteiger partial charge on any atom is -0.443 e. The zero-order valence-corrected chi connectivity index (χ0v) is 17.7. The highest BCUT2D eigenvalue weighted by Gasteiger charge is 2.20. The molecule has 0 saturated carbocycles. The number of benzene rings is 2. The normalized spacial score (nSPS) is 11.9. The monoisotopic (exact) mass is 405 g/mol. The maximum absolute atomic E-state index is 12.2. The highest BCUT2D eigenvalue weighted by molar-refractivity contribution is 7.86. The molecule has 0 aliphatic carbocycles. The predicted octanol–water partition coefficient (Wildman–Crippen LogP) is 4.31. The number of hydrogen-bond donors (Lipinski definition) is 0. The molecule has 0 heterocycles. The Morgan fingerprint density at radius 1 is 1.00 bits per heavy atom. The van der Waals surface area contributed by atoms with Crippen molar-refractivity contribution in [3.63, 3.8) is 0 Å². The van der Waals surface area contributed by atoms with Gasteiger partial charge in [-0.25, -0.2) is 4.79 Å². The van der Waals surface area contributed by atoms with E-state index in [1.807, 2.05) is 39.8 Å². The molecule has 6 nitrogen and oxygen atoms in total. The van der Waals surface area contributed by atoms with Gasteiger partial charge in [-0.2, -0.15) is 8.42 Å². The van der Waals surface area contributed by atoms with Gasteiger partial charge in [0.1, 0.15) is 5.60 Å². The molecule has 0 aliphatic heterocycles. The molecular formula is C21H27NO5S. The lowest BCUT2D eigenvalue weighted by molar-refractivity contribution is 0.0589. The molecule has 0 saturated heterocycles. The second kappa shape index (κ2) is 8.75. The van der Waals surface area contributed by atoms with Gasteiger partial charge in [-0.3, -0.25) is 9.08 Å². The fraction of sp³-hybridized carbons (Fsp3) is 0.381. The summed E-state index contributed by atoms with van der Waals surface area (Å²) in [6, 6.07) is 13.8. The van der Waals surface area contributed by atoms with Crippen molar-refractivity contribution >= 4 is 21.9 Å². The van der Waals surface area contributed by atoms with Crippen LogP contribution in [0.5, 0.6) is 0 Å². The van der Waals surface area contributed by atoms with Gasteiger partial charge in [0, 0.05) is 12.7 Å². The minimum atomic E-state index is -3.77. The van der Waals surface area contributed by atoms with Crippen LogP contribution in [0.2, 0.25) is 0 Å². The third kappa shape index (κ3) is 6.35. The maximum Gasteiger partial charge on any atom is 0.414 e. The lowest BCUT2D eigenvalue weighted by atomic mass is 10.1. The van der Waals surface area contributed by atoms with E-state index in [0.717, 1.165) is 11.1 Å². The van der Waals surface area contributed by atoms with Crippen LogP contribution < -0.4 is 4.90 Å². The van der Waals surface area contributed by atoms with Crippen molar-refractivity contribution in [1.29, 1.82) is 0 Å². The van der Waals surface area contributed by atoms with Crippen LogP contribution in [0.4, 0.5) is 10.5 Å². The summed E-state index contributed by atoms with van der Waals surface area (Å²) in [6.45, 7) is 7.37. The molecule has 0 aliphatic rings. The molecule has 2 rings (SSSR count). The Bertz CT molecular complexity index is 897. The van der Waals surface area contributed by atoms with Gasteiger partial charge in [0.25, 0.3) is 10.1 Å². The van der Waals surface area contributed by atoms with Crippen molar-refractivity contribution < 1.29 is 22.1 Å². The molecule has 0 radical (unpaired) electrons. The summed E-state index contributed by atoms with van der Waals surface area (Å²) in [7, 11) is -2.13. The highest BCUT2D eigenvalue weighted by Crippen LogP contribution is 2.18. The van der Waals surface area contributed by atoms with Crippen LogP contribution >= 0.6 is 0 Å². The second-order valence-corrected chi connectivity index (χ2v) is 9.16. The molecule has 0 unspecified atom stereocenters. The number of nitrogens with zero attached hydrogens (tertiary/aromatic N) is 1. The molecule has 0 atom stereocenters. The number of ether oxygens (including phenoxy) is 1. The third-order valence-corrected chi connectivity index (χ3v) is 5.26. The highest BCUT2D eigenvalue weighted by atomic mass is 32.2. The standard InChI is InChI=1S/C21H27NO5S/c1-16-6-12-19(13-7-16)28(24,25)26-15-14-17-8-10-18(11-9-17)22(5)20(23)27-21(2,3)4/h6-13H,14-15H2,1-5H3. The summed E-state index contributed by atoms with van der Waals surface area (Å²) in [5.41, 5.74) is 2.01. The van der Waals surface area contributed by atoms with Gasteiger partial charge in [-0.05, 0) is 63.9 Å². The van der Waals surface area contributed by atoms with Gasteiger partial charge < -0.3 is 4.74 Å². The Morgan fingerprint density at radius 3 is 2.11 bits per heavy atom. The molecule has 7 heteroatoms. The number of aryl methyl sites for hydroxylation is 1. The van der Waals surface area contributed by atoms with Crippen molar-refractivity contribution in [3.05, 3.63) is 59.7 Å². The number of hydrogen-bond acceptors (Lipinski definition) is 5. The molecule has 28 heavy (non-hydrogen) atoms. The van der Waals surface area contributed by atoms with E-state index in [1.165, 1.54) is 17.0 Å². The second-order valence-electron chi connectivity index (χ2n) is 7.54. The first-order valence-electron chi connectivity index (χ1n) is 9.00. The summed E-state index contributed by atoms with van der Waals surface area (Å²) in [6.07, 6.45) is -0.00518. The largest absolute Gasteiger partial charge is 0.443 e. The van der Waals surface area contributed by atoms with Gasteiger partial charge in [0.05, 0.1) is 11.5 Å². The van der Waals surface area contributed by atoms with Crippen LogP contribution in [0.25, 0.3) is 0 Å². The molecule has 152 valence electrons. The van der Waals surface area contributed by atoms with E-state index in [-0.39, 0.29) is 11.5 Å². The van der Waals surface area contributed by atoms with Gasteiger partial charge >= 0.3 is 6.09 Å². The first kappa shape index (κ1) is 21.9. The van der Waals surface area contributed by atoms with Crippen molar-refractivity contribution in [2.24, 2.45) is 0 Å². The molecule has 0 spiro atoms. The Hall–Kier alpha value is -2.38. The van der Waals surface area contributed by atoms with Crippen LogP contribution in [-0.4, -0.2) is 33.8 Å². The van der Waals surface area contributed by atoms with Crippen molar-refractivity contribution in [1.82, 2.24) is 0 Å². The fourth-order valence-electron chi connectivity index (χ4n) is 2.36. The lowest BCUT2D eigenvalue weighted by Gasteiger charge is -2.24. The molecule has 0 aromatic heterocycles. The number of anilines is 1. The minimum absolute atomic E-state index is 0.0391. The van der Waals surface area contributed by atoms with Crippen LogP contribution in [0.15, 0.2) is 53.4 Å². The van der Waals surface area contributed by atoms with E-state index < -0.39 is 21.8 Å². The first-order chi connectivity index (χ1) is 13.0. The molecule has 2 aromatic rings. The van der Waals surface area contributed by atoms with Gasteiger partial charge in [-0.1, -0.05) is 29.8 Å². The predicted molar refractivity (Wildman–Crippen MR) is 109 cm³/mol. The summed E-state index contributed by atoms with van der Waals surface area (Å²) >= 11 is 0. The van der Waals surface area contributed by atoms with Crippen molar-refractivity contribution in [2.45, 2.75) is 44.6 Å². The molecule has 0 N–H and O–H groups in total. The van der Waals surface area contributed by atoms with E-state index in [9.17, 15) is 13.2 Å². The van der Waals surface area contributed by atoms with Crippen LogP contribution in [-0.2, 0) is 25.5 Å². The quantitative estimate of drug-likeness (QED) is 0.670. The summed E-state index contributed by atoms with van der Waals surface area (Å²) < 4.78 is 34.8. The van der Waals surface area contributed by atoms with Gasteiger partial charge in [0.2, 0.25) is 0 Å². The fourth-order valence-corrected chi connectivity index (χ4v) is 3.27. The van der Waals surface area contributed by atoms with Crippen LogP contribution in [0.3, 0.4) is 0 Å². The van der Waals surface area contributed by atoms with Gasteiger partial charge in [0.15, 0.2) is 0 Å². The first-order valence-corrected chi connectivity index (χ1v) is 10.4. The van der Waals surface area contributed by atoms with Crippen LogP contribution in [0, 0.1) is 6.92 Å². The molecule has 0 fully saturated rings. The smallest absolute Gasteiger partial charge is 0.414 e.